The quantitative estimate of drug-likeness (QED) is 0.848. The maximum atomic E-state index is 12.1. The molecule has 4 heteroatoms. The highest BCUT2D eigenvalue weighted by Crippen LogP contribution is 2.31. The predicted octanol–water partition coefficient (Wildman–Crippen LogP) is 2.29. The van der Waals surface area contributed by atoms with Gasteiger partial charge in [0.2, 0.25) is 0 Å². The molecule has 1 aromatic carbocycles. The summed E-state index contributed by atoms with van der Waals surface area (Å²) in [5, 5.41) is 0. The van der Waals surface area contributed by atoms with Crippen molar-refractivity contribution in [3.8, 4) is 5.75 Å². The first-order valence-corrected chi connectivity index (χ1v) is 7.59. The number of para-hydroxylation sites is 2. The first-order valence-electron chi connectivity index (χ1n) is 7.59. The van der Waals surface area contributed by atoms with Crippen LogP contribution in [0.5, 0.6) is 5.75 Å². The zero-order valence-electron chi connectivity index (χ0n) is 11.9. The third-order valence-electron chi connectivity index (χ3n) is 4.15. The first kappa shape index (κ1) is 13.4. The second-order valence-electron chi connectivity index (χ2n) is 5.56. The fourth-order valence-electron chi connectivity index (χ4n) is 3.00. The number of hydrogen-bond acceptors (Lipinski definition) is 3. The maximum Gasteiger partial charge on any atom is 0.265 e. The molecule has 0 atom stereocenters. The smallest absolute Gasteiger partial charge is 0.265 e. The van der Waals surface area contributed by atoms with Crippen LogP contribution in [-0.4, -0.2) is 43.6 Å². The molecule has 0 aromatic heterocycles. The lowest BCUT2D eigenvalue weighted by molar-refractivity contribution is -0.121. The summed E-state index contributed by atoms with van der Waals surface area (Å²) in [7, 11) is 0. The van der Waals surface area contributed by atoms with E-state index >= 15 is 0 Å². The second-order valence-corrected chi connectivity index (χ2v) is 5.56. The van der Waals surface area contributed by atoms with Crippen molar-refractivity contribution in [3.05, 3.63) is 24.3 Å². The molecule has 1 amide bonds. The summed E-state index contributed by atoms with van der Waals surface area (Å²) >= 11 is 0. The van der Waals surface area contributed by atoms with E-state index in [1.807, 2.05) is 29.2 Å². The van der Waals surface area contributed by atoms with Gasteiger partial charge < -0.3 is 14.5 Å². The molecule has 0 spiro atoms. The predicted molar refractivity (Wildman–Crippen MR) is 79.2 cm³/mol. The molecule has 4 nitrogen and oxygen atoms in total. The average molecular weight is 274 g/mol. The summed E-state index contributed by atoms with van der Waals surface area (Å²) in [6.45, 7) is 4.22. The van der Waals surface area contributed by atoms with E-state index in [9.17, 15) is 4.79 Å². The number of ether oxygens (including phenoxy) is 1. The molecule has 108 valence electrons. The molecule has 0 aliphatic carbocycles. The zero-order valence-corrected chi connectivity index (χ0v) is 11.9. The monoisotopic (exact) mass is 274 g/mol. The molecule has 2 heterocycles. The third-order valence-corrected chi connectivity index (χ3v) is 4.15. The molecule has 0 radical (unpaired) electrons. The Balaban J connectivity index is 1.65. The normalized spacial score (nSPS) is 20.2. The molecule has 1 fully saturated rings. The van der Waals surface area contributed by atoms with Gasteiger partial charge in [0.05, 0.1) is 5.69 Å². The Morgan fingerprint density at radius 1 is 1.00 bits per heavy atom. The molecular weight excluding hydrogens is 252 g/mol. The van der Waals surface area contributed by atoms with Crippen molar-refractivity contribution in [2.75, 3.05) is 37.7 Å². The number of hydrogen-bond donors (Lipinski definition) is 0. The SMILES string of the molecule is O=C1COc2ccccc2N1CCN1CCCCCC1. The van der Waals surface area contributed by atoms with Gasteiger partial charge in [0.15, 0.2) is 6.61 Å². The average Bonchev–Trinajstić information content (AvgIpc) is 2.75. The minimum Gasteiger partial charge on any atom is -0.482 e. The van der Waals surface area contributed by atoms with Crippen LogP contribution in [0.4, 0.5) is 5.69 Å². The standard InChI is InChI=1S/C16H22N2O2/c19-16-13-20-15-8-4-3-7-14(15)18(16)12-11-17-9-5-1-2-6-10-17/h3-4,7-8H,1-2,5-6,9-13H2. The number of likely N-dealkylation sites (tertiary alicyclic amines) is 1. The first-order chi connectivity index (χ1) is 9.84. The van der Waals surface area contributed by atoms with E-state index in [1.54, 1.807) is 0 Å². The van der Waals surface area contributed by atoms with Crippen LogP contribution in [0.25, 0.3) is 0 Å². The van der Waals surface area contributed by atoms with E-state index in [4.69, 9.17) is 4.74 Å². The third kappa shape index (κ3) is 2.96. The Labute approximate surface area is 120 Å². The van der Waals surface area contributed by atoms with Gasteiger partial charge in [0, 0.05) is 13.1 Å². The largest absolute Gasteiger partial charge is 0.482 e. The van der Waals surface area contributed by atoms with E-state index in [0.717, 1.165) is 24.5 Å². The number of rotatable bonds is 3. The molecule has 20 heavy (non-hydrogen) atoms. The lowest BCUT2D eigenvalue weighted by atomic mass is 10.2. The van der Waals surface area contributed by atoms with Gasteiger partial charge in [-0.2, -0.15) is 0 Å². The molecular formula is C16H22N2O2. The second kappa shape index (κ2) is 6.27. The van der Waals surface area contributed by atoms with Gasteiger partial charge in [-0.1, -0.05) is 25.0 Å². The van der Waals surface area contributed by atoms with E-state index in [0.29, 0.717) is 0 Å². The van der Waals surface area contributed by atoms with Crippen molar-refractivity contribution in [1.29, 1.82) is 0 Å². The maximum absolute atomic E-state index is 12.1. The molecule has 1 saturated heterocycles. The topological polar surface area (TPSA) is 32.8 Å². The fourth-order valence-corrected chi connectivity index (χ4v) is 3.00. The fraction of sp³-hybridized carbons (Fsp3) is 0.562. The lowest BCUT2D eigenvalue weighted by Gasteiger charge is -2.31. The van der Waals surface area contributed by atoms with Crippen LogP contribution in [0.2, 0.25) is 0 Å². The molecule has 0 saturated carbocycles. The molecule has 2 aliphatic rings. The Bertz CT molecular complexity index is 467. The highest BCUT2D eigenvalue weighted by atomic mass is 16.5. The van der Waals surface area contributed by atoms with Gasteiger partial charge in [-0.15, -0.1) is 0 Å². The van der Waals surface area contributed by atoms with Gasteiger partial charge in [0.1, 0.15) is 5.75 Å². The number of carbonyl (C=O) groups is 1. The van der Waals surface area contributed by atoms with Crippen molar-refractivity contribution in [2.24, 2.45) is 0 Å². The number of carbonyl (C=O) groups excluding carboxylic acids is 1. The summed E-state index contributed by atoms with van der Waals surface area (Å²) in [6.07, 6.45) is 5.26. The van der Waals surface area contributed by atoms with Crippen molar-refractivity contribution in [3.63, 3.8) is 0 Å². The summed E-state index contributed by atoms with van der Waals surface area (Å²) in [5.74, 6) is 0.890. The summed E-state index contributed by atoms with van der Waals surface area (Å²) in [5.41, 5.74) is 0.915. The lowest BCUT2D eigenvalue weighted by Crippen LogP contribution is -2.43. The van der Waals surface area contributed by atoms with Crippen LogP contribution in [0, 0.1) is 0 Å². The number of fused-ring (bicyclic) bond motifs is 1. The Kier molecular flexibility index (Phi) is 4.21. The molecule has 3 rings (SSSR count). The van der Waals surface area contributed by atoms with Gasteiger partial charge >= 0.3 is 0 Å². The Hall–Kier alpha value is -1.55. The Morgan fingerprint density at radius 3 is 2.55 bits per heavy atom. The van der Waals surface area contributed by atoms with Gasteiger partial charge in [-0.05, 0) is 38.1 Å². The molecule has 0 unspecified atom stereocenters. The Morgan fingerprint density at radius 2 is 1.75 bits per heavy atom. The minimum absolute atomic E-state index is 0.0681. The minimum atomic E-state index is 0.0681. The van der Waals surface area contributed by atoms with Crippen LogP contribution in [0.3, 0.4) is 0 Å². The van der Waals surface area contributed by atoms with Crippen LogP contribution < -0.4 is 9.64 Å². The number of amides is 1. The van der Waals surface area contributed by atoms with E-state index < -0.39 is 0 Å². The molecule has 0 N–H and O–H groups in total. The van der Waals surface area contributed by atoms with E-state index in [1.165, 1.54) is 38.8 Å². The summed E-state index contributed by atoms with van der Waals surface area (Å²) in [6, 6.07) is 7.80. The molecule has 1 aromatic rings. The van der Waals surface area contributed by atoms with E-state index in [2.05, 4.69) is 4.90 Å². The van der Waals surface area contributed by atoms with Gasteiger partial charge in [-0.3, -0.25) is 4.79 Å². The summed E-state index contributed by atoms with van der Waals surface area (Å²) < 4.78 is 5.47. The number of benzene rings is 1. The summed E-state index contributed by atoms with van der Waals surface area (Å²) in [4.78, 5) is 16.4. The van der Waals surface area contributed by atoms with Gasteiger partial charge in [-0.25, -0.2) is 0 Å². The highest BCUT2D eigenvalue weighted by molar-refractivity contribution is 5.97. The molecule has 0 bridgehead atoms. The van der Waals surface area contributed by atoms with Crippen LogP contribution in [0.15, 0.2) is 24.3 Å². The van der Waals surface area contributed by atoms with Crippen LogP contribution in [-0.2, 0) is 4.79 Å². The van der Waals surface area contributed by atoms with Crippen LogP contribution >= 0.6 is 0 Å². The van der Waals surface area contributed by atoms with Crippen LogP contribution in [0.1, 0.15) is 25.7 Å². The van der Waals surface area contributed by atoms with Crippen molar-refractivity contribution < 1.29 is 9.53 Å². The van der Waals surface area contributed by atoms with Crippen molar-refractivity contribution in [1.82, 2.24) is 4.90 Å². The van der Waals surface area contributed by atoms with Gasteiger partial charge in [0.25, 0.3) is 5.91 Å². The van der Waals surface area contributed by atoms with Crippen molar-refractivity contribution >= 4 is 11.6 Å². The van der Waals surface area contributed by atoms with Crippen molar-refractivity contribution in [2.45, 2.75) is 25.7 Å². The number of anilines is 1. The highest BCUT2D eigenvalue weighted by Gasteiger charge is 2.25. The van der Waals surface area contributed by atoms with E-state index in [-0.39, 0.29) is 12.5 Å². The zero-order chi connectivity index (χ0) is 13.8. The number of nitrogens with zero attached hydrogens (tertiary/aromatic N) is 2. The molecule has 2 aliphatic heterocycles.